The fraction of sp³-hybridized carbons (Fsp3) is 0.200. The maximum atomic E-state index is 12.3. The van der Waals surface area contributed by atoms with Crippen LogP contribution in [0.25, 0.3) is 5.82 Å². The standard InChI is InChI=1S/C10H9F3N4/c1-14-7-2-3-9(15-6-7)17-5-4-8(16-17)10(11,12)13/h2-6,14H,1H3. The zero-order chi connectivity index (χ0) is 12.5. The average Bonchev–Trinajstić information content (AvgIpc) is 2.78. The van der Waals surface area contributed by atoms with Crippen molar-refractivity contribution in [1.29, 1.82) is 0 Å². The van der Waals surface area contributed by atoms with Gasteiger partial charge in [0.2, 0.25) is 0 Å². The summed E-state index contributed by atoms with van der Waals surface area (Å²) in [6.45, 7) is 0. The van der Waals surface area contributed by atoms with Crippen LogP contribution in [0.4, 0.5) is 18.9 Å². The summed E-state index contributed by atoms with van der Waals surface area (Å²) in [5.41, 5.74) is -0.158. The molecule has 2 heterocycles. The molecule has 0 aliphatic carbocycles. The minimum atomic E-state index is -4.43. The molecule has 0 radical (unpaired) electrons. The summed E-state index contributed by atoms with van der Waals surface area (Å²) in [5.74, 6) is 0.333. The third-order valence-electron chi connectivity index (χ3n) is 2.15. The van der Waals surface area contributed by atoms with Crippen molar-refractivity contribution in [3.8, 4) is 5.82 Å². The lowest BCUT2D eigenvalue weighted by atomic mass is 10.4. The second-order valence-electron chi connectivity index (χ2n) is 3.30. The van der Waals surface area contributed by atoms with Crippen LogP contribution in [0.3, 0.4) is 0 Å². The Morgan fingerprint density at radius 2 is 2.00 bits per heavy atom. The molecule has 0 saturated carbocycles. The number of rotatable bonds is 2. The van der Waals surface area contributed by atoms with Gasteiger partial charge < -0.3 is 5.32 Å². The maximum absolute atomic E-state index is 12.3. The highest BCUT2D eigenvalue weighted by molar-refractivity contribution is 5.42. The van der Waals surface area contributed by atoms with E-state index >= 15 is 0 Å². The van der Waals surface area contributed by atoms with Gasteiger partial charge in [-0.3, -0.25) is 0 Å². The fourth-order valence-electron chi connectivity index (χ4n) is 1.27. The molecule has 90 valence electrons. The van der Waals surface area contributed by atoms with Crippen molar-refractivity contribution in [2.75, 3.05) is 12.4 Å². The van der Waals surface area contributed by atoms with Crippen LogP contribution in [0, 0.1) is 0 Å². The number of anilines is 1. The molecule has 7 heteroatoms. The third-order valence-corrected chi connectivity index (χ3v) is 2.15. The van der Waals surface area contributed by atoms with Crippen LogP contribution in [0.15, 0.2) is 30.6 Å². The summed E-state index contributed by atoms with van der Waals surface area (Å²) in [6, 6.07) is 4.20. The van der Waals surface area contributed by atoms with Crippen molar-refractivity contribution in [2.45, 2.75) is 6.18 Å². The van der Waals surface area contributed by atoms with Gasteiger partial charge in [-0.05, 0) is 18.2 Å². The van der Waals surface area contributed by atoms with Crippen molar-refractivity contribution in [3.63, 3.8) is 0 Å². The first-order valence-electron chi connectivity index (χ1n) is 4.78. The molecule has 2 rings (SSSR count). The topological polar surface area (TPSA) is 42.7 Å². The minimum Gasteiger partial charge on any atom is -0.387 e. The number of hydrogen-bond acceptors (Lipinski definition) is 3. The van der Waals surface area contributed by atoms with Gasteiger partial charge in [-0.25, -0.2) is 9.67 Å². The number of alkyl halides is 3. The van der Waals surface area contributed by atoms with Crippen LogP contribution in [-0.4, -0.2) is 21.8 Å². The van der Waals surface area contributed by atoms with E-state index in [1.807, 2.05) is 0 Å². The minimum absolute atomic E-state index is 0.333. The van der Waals surface area contributed by atoms with Crippen molar-refractivity contribution in [2.24, 2.45) is 0 Å². The predicted molar refractivity (Wildman–Crippen MR) is 55.9 cm³/mol. The molecule has 0 unspecified atom stereocenters. The molecule has 4 nitrogen and oxygen atoms in total. The monoisotopic (exact) mass is 242 g/mol. The zero-order valence-electron chi connectivity index (χ0n) is 8.86. The van der Waals surface area contributed by atoms with E-state index in [9.17, 15) is 13.2 Å². The Balaban J connectivity index is 2.30. The van der Waals surface area contributed by atoms with E-state index in [1.165, 1.54) is 12.4 Å². The summed E-state index contributed by atoms with van der Waals surface area (Å²) < 4.78 is 38.1. The van der Waals surface area contributed by atoms with E-state index in [0.29, 0.717) is 5.82 Å². The molecule has 0 aliphatic rings. The van der Waals surface area contributed by atoms with Crippen LogP contribution in [0.1, 0.15) is 5.69 Å². The van der Waals surface area contributed by atoms with Crippen molar-refractivity contribution in [1.82, 2.24) is 14.8 Å². The van der Waals surface area contributed by atoms with Crippen LogP contribution < -0.4 is 5.32 Å². The smallest absolute Gasteiger partial charge is 0.387 e. The Morgan fingerprint density at radius 3 is 2.47 bits per heavy atom. The molecule has 2 aromatic heterocycles. The first-order chi connectivity index (χ1) is 8.00. The van der Waals surface area contributed by atoms with Crippen LogP contribution >= 0.6 is 0 Å². The quantitative estimate of drug-likeness (QED) is 0.878. The third kappa shape index (κ3) is 2.38. The number of hydrogen-bond donors (Lipinski definition) is 1. The Hall–Kier alpha value is -2.05. The summed E-state index contributed by atoms with van der Waals surface area (Å²) in [4.78, 5) is 3.99. The highest BCUT2D eigenvalue weighted by atomic mass is 19.4. The van der Waals surface area contributed by atoms with Gasteiger partial charge in [-0.2, -0.15) is 18.3 Å². The lowest BCUT2D eigenvalue weighted by molar-refractivity contribution is -0.141. The number of halogens is 3. The molecule has 0 spiro atoms. The van der Waals surface area contributed by atoms with Gasteiger partial charge in [-0.1, -0.05) is 0 Å². The van der Waals surface area contributed by atoms with E-state index in [2.05, 4.69) is 15.4 Å². The molecule has 0 aromatic carbocycles. The normalized spacial score (nSPS) is 11.5. The Kier molecular flexibility index (Phi) is 2.74. The first kappa shape index (κ1) is 11.4. The van der Waals surface area contributed by atoms with Gasteiger partial charge in [0, 0.05) is 13.2 Å². The highest BCUT2D eigenvalue weighted by Gasteiger charge is 2.33. The van der Waals surface area contributed by atoms with Gasteiger partial charge in [0.15, 0.2) is 11.5 Å². The van der Waals surface area contributed by atoms with Gasteiger partial charge >= 0.3 is 6.18 Å². The van der Waals surface area contributed by atoms with Crippen LogP contribution in [0.5, 0.6) is 0 Å². The van der Waals surface area contributed by atoms with E-state index in [0.717, 1.165) is 16.4 Å². The summed E-state index contributed by atoms with van der Waals surface area (Å²) in [6.07, 6.45) is -1.69. The van der Waals surface area contributed by atoms with Gasteiger partial charge in [-0.15, -0.1) is 0 Å². The zero-order valence-corrected chi connectivity index (χ0v) is 8.86. The average molecular weight is 242 g/mol. The predicted octanol–water partition coefficient (Wildman–Crippen LogP) is 2.33. The number of aromatic nitrogens is 3. The largest absolute Gasteiger partial charge is 0.435 e. The van der Waals surface area contributed by atoms with Crippen LogP contribution in [-0.2, 0) is 6.18 Å². The molecule has 1 N–H and O–H groups in total. The Morgan fingerprint density at radius 1 is 1.24 bits per heavy atom. The molecule has 0 bridgehead atoms. The van der Waals surface area contributed by atoms with Gasteiger partial charge in [0.25, 0.3) is 0 Å². The van der Waals surface area contributed by atoms with E-state index in [-0.39, 0.29) is 0 Å². The molecule has 0 amide bonds. The van der Waals surface area contributed by atoms with Crippen molar-refractivity contribution < 1.29 is 13.2 Å². The number of nitrogens with zero attached hydrogens (tertiary/aromatic N) is 3. The lowest BCUT2D eigenvalue weighted by Crippen LogP contribution is -2.07. The first-order valence-corrected chi connectivity index (χ1v) is 4.78. The molecular formula is C10H9F3N4. The summed E-state index contributed by atoms with van der Waals surface area (Å²) in [5, 5.41) is 6.28. The van der Waals surface area contributed by atoms with Crippen LogP contribution in [0.2, 0.25) is 0 Å². The number of pyridine rings is 1. The fourth-order valence-corrected chi connectivity index (χ4v) is 1.27. The second kappa shape index (κ2) is 4.08. The SMILES string of the molecule is CNc1ccc(-n2ccc(C(F)(F)F)n2)nc1. The van der Waals surface area contributed by atoms with E-state index < -0.39 is 11.9 Å². The maximum Gasteiger partial charge on any atom is 0.435 e. The molecule has 0 aliphatic heterocycles. The lowest BCUT2D eigenvalue weighted by Gasteiger charge is -2.03. The molecule has 0 atom stereocenters. The second-order valence-corrected chi connectivity index (χ2v) is 3.30. The Labute approximate surface area is 95.1 Å². The molecule has 17 heavy (non-hydrogen) atoms. The van der Waals surface area contributed by atoms with Crippen molar-refractivity contribution >= 4 is 5.69 Å². The molecule has 0 saturated heterocycles. The van der Waals surface area contributed by atoms with Gasteiger partial charge in [0.1, 0.15) is 0 Å². The van der Waals surface area contributed by atoms with Gasteiger partial charge in [0.05, 0.1) is 11.9 Å². The highest BCUT2D eigenvalue weighted by Crippen LogP contribution is 2.27. The summed E-state index contributed by atoms with van der Waals surface area (Å²) in [7, 11) is 1.73. The van der Waals surface area contributed by atoms with Crippen molar-refractivity contribution in [3.05, 3.63) is 36.3 Å². The molecule has 2 aromatic rings. The number of nitrogens with one attached hydrogen (secondary N) is 1. The Bertz CT molecular complexity index is 501. The summed E-state index contributed by atoms with van der Waals surface area (Å²) >= 11 is 0. The molecule has 0 fully saturated rings. The van der Waals surface area contributed by atoms with E-state index in [1.54, 1.807) is 19.2 Å². The molecular weight excluding hydrogens is 233 g/mol. The van der Waals surface area contributed by atoms with E-state index in [4.69, 9.17) is 0 Å².